The van der Waals surface area contributed by atoms with E-state index in [9.17, 15) is 19.1 Å². The van der Waals surface area contributed by atoms with Gasteiger partial charge in [-0.25, -0.2) is 4.39 Å². The topological polar surface area (TPSA) is 79.3 Å². The third-order valence-electron chi connectivity index (χ3n) is 6.12. The van der Waals surface area contributed by atoms with E-state index >= 15 is 0 Å². The van der Waals surface area contributed by atoms with Crippen LogP contribution in [-0.4, -0.2) is 72.6 Å². The molecule has 2 saturated heterocycles. The minimum Gasteiger partial charge on any atom is -0.507 e. The zero-order valence-corrected chi connectivity index (χ0v) is 19.2. The first kappa shape index (κ1) is 23.9. The van der Waals surface area contributed by atoms with Crippen molar-refractivity contribution in [3.63, 3.8) is 0 Å². The van der Waals surface area contributed by atoms with Crippen molar-refractivity contribution in [2.24, 2.45) is 0 Å². The molecule has 2 aliphatic rings. The van der Waals surface area contributed by atoms with Crippen molar-refractivity contribution in [2.45, 2.75) is 19.4 Å². The summed E-state index contributed by atoms with van der Waals surface area (Å²) >= 11 is 0. The lowest BCUT2D eigenvalue weighted by molar-refractivity contribution is -0.140. The van der Waals surface area contributed by atoms with Crippen LogP contribution in [0.1, 0.15) is 30.5 Å². The fraction of sp³-hybridized carbons (Fsp3) is 0.385. The molecular formula is C26H29FN2O5. The quantitative estimate of drug-likeness (QED) is 0.364. The zero-order chi connectivity index (χ0) is 24.1. The fourth-order valence-corrected chi connectivity index (χ4v) is 4.45. The molecule has 0 radical (unpaired) electrons. The van der Waals surface area contributed by atoms with Crippen molar-refractivity contribution in [3.05, 3.63) is 71.0 Å². The van der Waals surface area contributed by atoms with Crippen LogP contribution in [-0.2, 0) is 14.3 Å². The van der Waals surface area contributed by atoms with Crippen LogP contribution in [0.15, 0.2) is 54.1 Å². The Morgan fingerprint density at radius 2 is 1.85 bits per heavy atom. The van der Waals surface area contributed by atoms with Gasteiger partial charge in [0, 0.05) is 31.7 Å². The summed E-state index contributed by atoms with van der Waals surface area (Å²) in [5.41, 5.74) is 0.940. The van der Waals surface area contributed by atoms with E-state index in [0.717, 1.165) is 19.6 Å². The number of carbonyl (C=O) groups excluding carboxylic acids is 2. The smallest absolute Gasteiger partial charge is 0.295 e. The number of aliphatic hydroxyl groups is 1. The molecule has 2 heterocycles. The summed E-state index contributed by atoms with van der Waals surface area (Å²) in [4.78, 5) is 29.9. The van der Waals surface area contributed by atoms with E-state index in [4.69, 9.17) is 9.47 Å². The van der Waals surface area contributed by atoms with Gasteiger partial charge >= 0.3 is 0 Å². The number of halogens is 1. The molecule has 0 saturated carbocycles. The van der Waals surface area contributed by atoms with Gasteiger partial charge in [-0.3, -0.25) is 14.5 Å². The Balaban J connectivity index is 1.67. The lowest BCUT2D eigenvalue weighted by Gasteiger charge is -2.29. The van der Waals surface area contributed by atoms with E-state index in [0.29, 0.717) is 49.7 Å². The number of likely N-dealkylation sites (tertiary alicyclic amines) is 1. The Kier molecular flexibility index (Phi) is 7.59. The Labute approximate surface area is 198 Å². The van der Waals surface area contributed by atoms with Gasteiger partial charge in [-0.1, -0.05) is 24.3 Å². The van der Waals surface area contributed by atoms with Gasteiger partial charge in [-0.15, -0.1) is 0 Å². The number of hydrogen-bond acceptors (Lipinski definition) is 6. The van der Waals surface area contributed by atoms with Crippen molar-refractivity contribution < 1.29 is 28.6 Å². The highest BCUT2D eigenvalue weighted by Crippen LogP contribution is 2.39. The minimum atomic E-state index is -0.805. The van der Waals surface area contributed by atoms with Crippen LogP contribution in [0.5, 0.6) is 5.75 Å². The number of hydrogen-bond donors (Lipinski definition) is 1. The summed E-state index contributed by atoms with van der Waals surface area (Å²) in [6.07, 6.45) is 0.657. The molecule has 0 bridgehead atoms. The SMILES string of the molecule is CCOc1cccc(/C(O)=C2\C(=O)C(=O)N(CCCN3CCOCC3)C2c2ccc(F)cc2)c1. The molecule has 4 rings (SSSR count). The minimum absolute atomic E-state index is 0.00312. The summed E-state index contributed by atoms with van der Waals surface area (Å²) in [7, 11) is 0. The number of rotatable bonds is 8. The Morgan fingerprint density at radius 1 is 1.12 bits per heavy atom. The monoisotopic (exact) mass is 468 g/mol. The summed E-state index contributed by atoms with van der Waals surface area (Å²) in [5.74, 6) is -1.56. The molecule has 0 spiro atoms. The number of morpholine rings is 1. The zero-order valence-electron chi connectivity index (χ0n) is 19.2. The number of carbonyl (C=O) groups is 2. The lowest BCUT2D eigenvalue weighted by Crippen LogP contribution is -2.38. The van der Waals surface area contributed by atoms with E-state index < -0.39 is 23.5 Å². The molecular weight excluding hydrogens is 439 g/mol. The highest BCUT2D eigenvalue weighted by Gasteiger charge is 2.45. The first-order chi connectivity index (χ1) is 16.5. The first-order valence-corrected chi connectivity index (χ1v) is 11.6. The van der Waals surface area contributed by atoms with Crippen LogP contribution >= 0.6 is 0 Å². The van der Waals surface area contributed by atoms with Gasteiger partial charge < -0.3 is 19.5 Å². The second kappa shape index (κ2) is 10.8. The van der Waals surface area contributed by atoms with Crippen molar-refractivity contribution in [1.29, 1.82) is 0 Å². The highest BCUT2D eigenvalue weighted by molar-refractivity contribution is 6.46. The number of amides is 1. The highest BCUT2D eigenvalue weighted by atomic mass is 19.1. The van der Waals surface area contributed by atoms with E-state index in [1.165, 1.54) is 17.0 Å². The van der Waals surface area contributed by atoms with Crippen molar-refractivity contribution in [1.82, 2.24) is 9.80 Å². The molecule has 2 aliphatic heterocycles. The average molecular weight is 469 g/mol. The predicted octanol–water partition coefficient (Wildman–Crippen LogP) is 3.37. The molecule has 180 valence electrons. The van der Waals surface area contributed by atoms with Gasteiger partial charge in [0.1, 0.15) is 17.3 Å². The Morgan fingerprint density at radius 3 is 2.56 bits per heavy atom. The maximum absolute atomic E-state index is 13.6. The predicted molar refractivity (Wildman–Crippen MR) is 125 cm³/mol. The second-order valence-corrected chi connectivity index (χ2v) is 8.31. The Hall–Kier alpha value is -3.23. The summed E-state index contributed by atoms with van der Waals surface area (Å²) < 4.78 is 24.5. The van der Waals surface area contributed by atoms with Gasteiger partial charge in [0.05, 0.1) is 31.4 Å². The van der Waals surface area contributed by atoms with Gasteiger partial charge in [0.25, 0.3) is 11.7 Å². The normalized spacial score (nSPS) is 20.6. The summed E-state index contributed by atoms with van der Waals surface area (Å²) in [5, 5.41) is 11.2. The van der Waals surface area contributed by atoms with Crippen LogP contribution in [0.2, 0.25) is 0 Å². The van der Waals surface area contributed by atoms with Crippen molar-refractivity contribution in [3.8, 4) is 5.75 Å². The number of ether oxygens (including phenoxy) is 2. The molecule has 34 heavy (non-hydrogen) atoms. The molecule has 8 heteroatoms. The molecule has 1 unspecified atom stereocenters. The van der Waals surface area contributed by atoms with E-state index in [1.807, 2.05) is 6.92 Å². The largest absolute Gasteiger partial charge is 0.507 e. The molecule has 0 aliphatic carbocycles. The second-order valence-electron chi connectivity index (χ2n) is 8.31. The molecule has 2 fully saturated rings. The molecule has 1 atom stereocenters. The molecule has 2 aromatic rings. The first-order valence-electron chi connectivity index (χ1n) is 11.6. The molecule has 2 aromatic carbocycles. The van der Waals surface area contributed by atoms with E-state index in [1.54, 1.807) is 36.4 Å². The number of benzene rings is 2. The number of ketones is 1. The van der Waals surface area contributed by atoms with Crippen LogP contribution in [0.25, 0.3) is 5.76 Å². The molecule has 1 amide bonds. The van der Waals surface area contributed by atoms with Gasteiger partial charge in [-0.2, -0.15) is 0 Å². The average Bonchev–Trinajstić information content (AvgIpc) is 3.10. The standard InChI is InChI=1S/C26H29FN2O5/c1-2-34-21-6-3-5-19(17-21)24(30)22-23(18-7-9-20(27)10-8-18)29(26(32)25(22)31)12-4-11-28-13-15-33-16-14-28/h3,5-10,17,23,30H,2,4,11-16H2,1H3/b24-22+. The maximum atomic E-state index is 13.6. The van der Waals surface area contributed by atoms with Gasteiger partial charge in [-0.05, 0) is 43.2 Å². The molecule has 0 aromatic heterocycles. The van der Waals surface area contributed by atoms with Gasteiger partial charge in [0.2, 0.25) is 0 Å². The number of nitrogens with zero attached hydrogens (tertiary/aromatic N) is 2. The number of Topliss-reactive ketones (excluding diaryl/α,β-unsaturated/α-hetero) is 1. The maximum Gasteiger partial charge on any atom is 0.295 e. The summed E-state index contributed by atoms with van der Waals surface area (Å²) in [6.45, 7) is 6.42. The lowest BCUT2D eigenvalue weighted by atomic mass is 9.95. The number of aliphatic hydroxyl groups excluding tert-OH is 1. The summed E-state index contributed by atoms with van der Waals surface area (Å²) in [6, 6.07) is 11.6. The van der Waals surface area contributed by atoms with Crippen LogP contribution < -0.4 is 4.74 Å². The van der Waals surface area contributed by atoms with Crippen LogP contribution in [0, 0.1) is 5.82 Å². The molecule has 7 nitrogen and oxygen atoms in total. The van der Waals surface area contributed by atoms with Crippen molar-refractivity contribution in [2.75, 3.05) is 46.0 Å². The van der Waals surface area contributed by atoms with Crippen molar-refractivity contribution >= 4 is 17.4 Å². The van der Waals surface area contributed by atoms with Crippen LogP contribution in [0.3, 0.4) is 0 Å². The third-order valence-corrected chi connectivity index (χ3v) is 6.12. The van der Waals surface area contributed by atoms with E-state index in [-0.39, 0.29) is 11.3 Å². The Bertz CT molecular complexity index is 1060. The van der Waals surface area contributed by atoms with Gasteiger partial charge in [0.15, 0.2) is 0 Å². The third kappa shape index (κ3) is 5.13. The van der Waals surface area contributed by atoms with E-state index in [2.05, 4.69) is 4.90 Å². The van der Waals surface area contributed by atoms with Crippen LogP contribution in [0.4, 0.5) is 4.39 Å². The molecule has 1 N–H and O–H groups in total. The fourth-order valence-electron chi connectivity index (χ4n) is 4.45.